The minimum atomic E-state index is -0.126. The fourth-order valence-corrected chi connectivity index (χ4v) is 3.20. The summed E-state index contributed by atoms with van der Waals surface area (Å²) in [6.07, 6.45) is 4.23. The fourth-order valence-electron chi connectivity index (χ4n) is 3.20. The van der Waals surface area contributed by atoms with Crippen LogP contribution in [0.4, 0.5) is 0 Å². The summed E-state index contributed by atoms with van der Waals surface area (Å²) in [4.78, 5) is 6.92. The van der Waals surface area contributed by atoms with Gasteiger partial charge in [-0.3, -0.25) is 9.30 Å². The molecule has 7 nitrogen and oxygen atoms in total. The molecule has 1 aliphatic heterocycles. The van der Waals surface area contributed by atoms with E-state index in [1.54, 1.807) is 0 Å². The van der Waals surface area contributed by atoms with Gasteiger partial charge in [0.15, 0.2) is 17.3 Å². The second-order valence-corrected chi connectivity index (χ2v) is 7.38. The van der Waals surface area contributed by atoms with Crippen molar-refractivity contribution in [3.05, 3.63) is 41.9 Å². The fraction of sp³-hybridized carbons (Fsp3) is 0.529. The summed E-state index contributed by atoms with van der Waals surface area (Å²) in [5, 5.41) is 12.9. The average Bonchev–Trinajstić information content (AvgIpc) is 3.25. The van der Waals surface area contributed by atoms with Gasteiger partial charge < -0.3 is 4.52 Å². The van der Waals surface area contributed by atoms with Crippen molar-refractivity contribution in [1.29, 1.82) is 0 Å². The molecule has 0 radical (unpaired) electrons. The summed E-state index contributed by atoms with van der Waals surface area (Å²) < 4.78 is 7.48. The topological polar surface area (TPSA) is 72.4 Å². The van der Waals surface area contributed by atoms with E-state index in [0.717, 1.165) is 36.7 Å². The van der Waals surface area contributed by atoms with Crippen LogP contribution >= 0.6 is 0 Å². The summed E-state index contributed by atoms with van der Waals surface area (Å²) in [5.74, 6) is 2.41. The lowest BCUT2D eigenvalue weighted by Crippen LogP contribution is -2.25. The van der Waals surface area contributed by atoms with Gasteiger partial charge >= 0.3 is 0 Å². The first-order chi connectivity index (χ1) is 11.5. The Balaban J connectivity index is 1.58. The maximum Gasteiger partial charge on any atom is 0.232 e. The molecule has 4 rings (SSSR count). The first-order valence-electron chi connectivity index (χ1n) is 8.39. The molecule has 1 atom stereocenters. The molecule has 3 aromatic heterocycles. The maximum atomic E-state index is 5.41. The molecular formula is C17H22N6O. The molecule has 0 N–H and O–H groups in total. The molecule has 0 spiro atoms. The highest BCUT2D eigenvalue weighted by atomic mass is 16.5. The van der Waals surface area contributed by atoms with Crippen molar-refractivity contribution in [2.24, 2.45) is 0 Å². The molecule has 0 saturated carbocycles. The molecule has 1 unspecified atom stereocenters. The van der Waals surface area contributed by atoms with Gasteiger partial charge in [0, 0.05) is 11.6 Å². The third-order valence-corrected chi connectivity index (χ3v) is 4.46. The molecule has 1 aliphatic rings. The van der Waals surface area contributed by atoms with Crippen molar-refractivity contribution in [2.45, 2.75) is 51.6 Å². The van der Waals surface area contributed by atoms with Gasteiger partial charge in [-0.1, -0.05) is 32.0 Å². The number of hydrogen-bond acceptors (Lipinski definition) is 6. The highest BCUT2D eigenvalue weighted by molar-refractivity contribution is 5.37. The summed E-state index contributed by atoms with van der Waals surface area (Å²) >= 11 is 0. The second-order valence-electron chi connectivity index (χ2n) is 7.38. The van der Waals surface area contributed by atoms with Crippen LogP contribution in [0.2, 0.25) is 0 Å². The van der Waals surface area contributed by atoms with E-state index in [9.17, 15) is 0 Å². The van der Waals surface area contributed by atoms with E-state index in [-0.39, 0.29) is 11.5 Å². The van der Waals surface area contributed by atoms with E-state index in [4.69, 9.17) is 4.52 Å². The highest BCUT2D eigenvalue weighted by Gasteiger charge is 2.31. The molecule has 3 aromatic rings. The van der Waals surface area contributed by atoms with Crippen molar-refractivity contribution in [2.75, 3.05) is 6.54 Å². The Morgan fingerprint density at radius 2 is 2.12 bits per heavy atom. The van der Waals surface area contributed by atoms with Crippen LogP contribution in [0.1, 0.15) is 57.2 Å². The Hall–Kier alpha value is -2.28. The standard InChI is InChI=1S/C17H22N6O/c1-17(2,3)16-18-13(21-24-16)11-22-9-6-7-12(22)15-20-19-14-8-4-5-10-23(14)15/h4-5,8,10,12H,6-7,9,11H2,1-3H3. The number of pyridine rings is 1. The van der Waals surface area contributed by atoms with E-state index in [1.165, 1.54) is 0 Å². The van der Waals surface area contributed by atoms with E-state index < -0.39 is 0 Å². The Kier molecular flexibility index (Phi) is 3.60. The van der Waals surface area contributed by atoms with Gasteiger partial charge in [-0.05, 0) is 31.5 Å². The van der Waals surface area contributed by atoms with E-state index in [2.05, 4.69) is 50.4 Å². The lowest BCUT2D eigenvalue weighted by Gasteiger charge is -2.21. The monoisotopic (exact) mass is 326 g/mol. The zero-order chi connectivity index (χ0) is 16.7. The Morgan fingerprint density at radius 1 is 1.25 bits per heavy atom. The van der Waals surface area contributed by atoms with Crippen LogP contribution in [0, 0.1) is 0 Å². The number of rotatable bonds is 3. The Morgan fingerprint density at radius 3 is 2.92 bits per heavy atom. The zero-order valence-corrected chi connectivity index (χ0v) is 14.3. The molecule has 4 heterocycles. The summed E-state index contributed by atoms with van der Waals surface area (Å²) in [7, 11) is 0. The number of likely N-dealkylation sites (tertiary alicyclic amines) is 1. The van der Waals surface area contributed by atoms with E-state index in [1.807, 2.05) is 24.4 Å². The third kappa shape index (κ3) is 2.69. The van der Waals surface area contributed by atoms with Crippen LogP contribution in [0.5, 0.6) is 0 Å². The zero-order valence-electron chi connectivity index (χ0n) is 14.3. The van der Waals surface area contributed by atoms with Gasteiger partial charge in [-0.2, -0.15) is 4.98 Å². The van der Waals surface area contributed by atoms with Crippen molar-refractivity contribution in [3.8, 4) is 0 Å². The highest BCUT2D eigenvalue weighted by Crippen LogP contribution is 2.32. The SMILES string of the molecule is CC(C)(C)c1nc(CN2CCCC2c2nnc3ccccn23)no1. The number of aromatic nitrogens is 5. The van der Waals surface area contributed by atoms with Gasteiger partial charge in [0.05, 0.1) is 12.6 Å². The van der Waals surface area contributed by atoms with Crippen LogP contribution in [-0.2, 0) is 12.0 Å². The van der Waals surface area contributed by atoms with Crippen LogP contribution in [0.15, 0.2) is 28.9 Å². The molecule has 0 aromatic carbocycles. The first-order valence-corrected chi connectivity index (χ1v) is 8.39. The lowest BCUT2D eigenvalue weighted by molar-refractivity contribution is 0.228. The molecule has 0 aliphatic carbocycles. The maximum absolute atomic E-state index is 5.41. The molecule has 126 valence electrons. The third-order valence-electron chi connectivity index (χ3n) is 4.46. The predicted octanol–water partition coefficient (Wildman–Crippen LogP) is 2.75. The predicted molar refractivity (Wildman–Crippen MR) is 88.4 cm³/mol. The molecule has 24 heavy (non-hydrogen) atoms. The van der Waals surface area contributed by atoms with Gasteiger partial charge in [-0.25, -0.2) is 0 Å². The average molecular weight is 326 g/mol. The lowest BCUT2D eigenvalue weighted by atomic mass is 9.97. The first kappa shape index (κ1) is 15.3. The molecule has 0 bridgehead atoms. The van der Waals surface area contributed by atoms with Gasteiger partial charge in [0.25, 0.3) is 0 Å². The summed E-state index contributed by atoms with van der Waals surface area (Å²) in [5.41, 5.74) is 0.757. The minimum absolute atomic E-state index is 0.126. The molecule has 0 amide bonds. The van der Waals surface area contributed by atoms with Gasteiger partial charge in [0.1, 0.15) is 0 Å². The van der Waals surface area contributed by atoms with Crippen molar-refractivity contribution >= 4 is 5.65 Å². The Labute approximate surface area is 140 Å². The van der Waals surface area contributed by atoms with Crippen molar-refractivity contribution in [3.63, 3.8) is 0 Å². The summed E-state index contributed by atoms with van der Waals surface area (Å²) in [6.45, 7) is 7.90. The number of fused-ring (bicyclic) bond motifs is 1. The van der Waals surface area contributed by atoms with Gasteiger partial charge in [-0.15, -0.1) is 10.2 Å². The normalized spacial score (nSPS) is 19.4. The number of hydrogen-bond donors (Lipinski definition) is 0. The van der Waals surface area contributed by atoms with Crippen LogP contribution in [0.3, 0.4) is 0 Å². The molecule has 7 heteroatoms. The van der Waals surface area contributed by atoms with Crippen molar-refractivity contribution in [1.82, 2.24) is 29.6 Å². The summed E-state index contributed by atoms with van der Waals surface area (Å²) in [6, 6.07) is 6.20. The van der Waals surface area contributed by atoms with Crippen LogP contribution < -0.4 is 0 Å². The van der Waals surface area contributed by atoms with Gasteiger partial charge in [0.2, 0.25) is 5.89 Å². The van der Waals surface area contributed by atoms with Crippen molar-refractivity contribution < 1.29 is 4.52 Å². The largest absolute Gasteiger partial charge is 0.339 e. The minimum Gasteiger partial charge on any atom is -0.339 e. The quantitative estimate of drug-likeness (QED) is 0.737. The molecule has 1 fully saturated rings. The van der Waals surface area contributed by atoms with Crippen LogP contribution in [-0.4, -0.2) is 36.2 Å². The smallest absolute Gasteiger partial charge is 0.232 e. The molecular weight excluding hydrogens is 304 g/mol. The number of nitrogens with zero attached hydrogens (tertiary/aromatic N) is 6. The molecule has 1 saturated heterocycles. The Bertz CT molecular complexity index is 846. The second kappa shape index (κ2) is 5.66. The van der Waals surface area contributed by atoms with E-state index in [0.29, 0.717) is 12.4 Å². The van der Waals surface area contributed by atoms with E-state index >= 15 is 0 Å². The van der Waals surface area contributed by atoms with Crippen LogP contribution in [0.25, 0.3) is 5.65 Å².